The number of amides is 1. The quantitative estimate of drug-likeness (QED) is 0.186. The van der Waals surface area contributed by atoms with Gasteiger partial charge < -0.3 is 9.88 Å². The van der Waals surface area contributed by atoms with Crippen LogP contribution in [-0.4, -0.2) is 32.1 Å². The van der Waals surface area contributed by atoms with Crippen molar-refractivity contribution in [1.29, 1.82) is 0 Å². The molecular weight excluding hydrogens is 476 g/mol. The largest absolute Gasteiger partial charge is 0.378 e. The van der Waals surface area contributed by atoms with E-state index in [1.165, 1.54) is 11.8 Å². The predicted molar refractivity (Wildman–Crippen MR) is 129 cm³/mol. The number of anilines is 1. The van der Waals surface area contributed by atoms with Gasteiger partial charge in [0.15, 0.2) is 11.0 Å². The van der Waals surface area contributed by atoms with Crippen molar-refractivity contribution in [2.45, 2.75) is 30.4 Å². The fourth-order valence-corrected chi connectivity index (χ4v) is 3.93. The van der Waals surface area contributed by atoms with Crippen LogP contribution in [-0.2, 0) is 17.9 Å². The first kappa shape index (κ1) is 22.8. The van der Waals surface area contributed by atoms with Gasteiger partial charge in [-0.2, -0.15) is 5.10 Å². The molecule has 0 aliphatic rings. The van der Waals surface area contributed by atoms with E-state index < -0.39 is 5.25 Å². The first-order valence-corrected chi connectivity index (χ1v) is 11.3. The molecule has 2 N–H and O–H groups in total. The second-order valence-electron chi connectivity index (χ2n) is 6.57. The van der Waals surface area contributed by atoms with Crippen LogP contribution < -0.4 is 10.7 Å². The number of aromatic nitrogens is 3. The molecule has 9 heteroatoms. The van der Waals surface area contributed by atoms with Gasteiger partial charge in [-0.1, -0.05) is 64.1 Å². The first-order valence-electron chi connectivity index (χ1n) is 9.64. The predicted octanol–water partition coefficient (Wildman–Crippen LogP) is 4.47. The van der Waals surface area contributed by atoms with E-state index >= 15 is 0 Å². The molecule has 1 aromatic heterocycles. The molecule has 0 saturated heterocycles. The lowest BCUT2D eigenvalue weighted by Gasteiger charge is -2.12. The molecule has 3 rings (SSSR count). The summed E-state index contributed by atoms with van der Waals surface area (Å²) in [6.45, 7) is 6.70. The van der Waals surface area contributed by atoms with E-state index in [0.29, 0.717) is 18.2 Å². The minimum absolute atomic E-state index is 0.214. The molecule has 0 radical (unpaired) electrons. The lowest BCUT2D eigenvalue weighted by atomic mass is 10.2. The van der Waals surface area contributed by atoms with Gasteiger partial charge in [0.1, 0.15) is 0 Å². The van der Waals surface area contributed by atoms with Gasteiger partial charge in [-0.05, 0) is 36.8 Å². The molecule has 1 atom stereocenters. The number of hydrazone groups is 1. The number of carbonyl (C=O) groups excluding carboxylic acids is 1. The fourth-order valence-electron chi connectivity index (χ4n) is 2.65. The van der Waals surface area contributed by atoms with E-state index in [0.717, 1.165) is 21.5 Å². The van der Waals surface area contributed by atoms with E-state index in [1.807, 2.05) is 66.1 Å². The van der Waals surface area contributed by atoms with E-state index in [4.69, 9.17) is 0 Å². The average molecular weight is 499 g/mol. The zero-order valence-corrected chi connectivity index (χ0v) is 19.4. The zero-order valence-electron chi connectivity index (χ0n) is 17.0. The third kappa shape index (κ3) is 6.80. The summed E-state index contributed by atoms with van der Waals surface area (Å²) in [7, 11) is 0. The van der Waals surface area contributed by atoms with Crippen LogP contribution in [0, 0.1) is 0 Å². The topological polar surface area (TPSA) is 84.2 Å². The zero-order chi connectivity index (χ0) is 22.1. The molecule has 3 aromatic rings. The molecule has 0 fully saturated rings. The van der Waals surface area contributed by atoms with Crippen molar-refractivity contribution in [3.63, 3.8) is 0 Å². The Labute approximate surface area is 194 Å². The van der Waals surface area contributed by atoms with Gasteiger partial charge in [0.2, 0.25) is 0 Å². The molecule has 0 unspecified atom stereocenters. The van der Waals surface area contributed by atoms with Crippen molar-refractivity contribution in [2.75, 3.05) is 5.32 Å². The number of carbonyl (C=O) groups is 1. The fraction of sp³-hybridized carbons (Fsp3) is 0.182. The summed E-state index contributed by atoms with van der Waals surface area (Å²) in [5.41, 5.74) is 4.47. The third-order valence-corrected chi connectivity index (χ3v) is 5.79. The van der Waals surface area contributed by atoms with E-state index in [-0.39, 0.29) is 5.91 Å². The highest BCUT2D eigenvalue weighted by Crippen LogP contribution is 2.23. The molecule has 160 valence electrons. The number of nitrogens with zero attached hydrogens (tertiary/aromatic N) is 4. The lowest BCUT2D eigenvalue weighted by Crippen LogP contribution is -2.27. The smallest absolute Gasteiger partial charge is 0.253 e. The van der Waals surface area contributed by atoms with E-state index in [2.05, 4.69) is 48.6 Å². The van der Waals surface area contributed by atoms with Gasteiger partial charge in [0, 0.05) is 16.7 Å². The van der Waals surface area contributed by atoms with E-state index in [9.17, 15) is 4.79 Å². The minimum Gasteiger partial charge on any atom is -0.378 e. The number of hydrogen-bond acceptors (Lipinski definition) is 6. The van der Waals surface area contributed by atoms with Crippen molar-refractivity contribution in [3.8, 4) is 0 Å². The van der Waals surface area contributed by atoms with Gasteiger partial charge in [-0.15, -0.1) is 16.8 Å². The second kappa shape index (κ2) is 11.5. The maximum Gasteiger partial charge on any atom is 0.253 e. The summed E-state index contributed by atoms with van der Waals surface area (Å²) in [4.78, 5) is 12.4. The maximum absolute atomic E-state index is 12.4. The highest BCUT2D eigenvalue weighted by Gasteiger charge is 2.19. The van der Waals surface area contributed by atoms with Crippen LogP contribution in [0.25, 0.3) is 0 Å². The number of allylic oxidation sites excluding steroid dienone is 1. The molecule has 1 heterocycles. The Balaban J connectivity index is 1.60. The Hall–Kier alpha value is -2.91. The molecule has 7 nitrogen and oxygen atoms in total. The summed E-state index contributed by atoms with van der Waals surface area (Å²) in [5.74, 6) is 0.555. The van der Waals surface area contributed by atoms with Gasteiger partial charge in [-0.3, -0.25) is 4.79 Å². The van der Waals surface area contributed by atoms with Crippen molar-refractivity contribution in [3.05, 3.63) is 83.1 Å². The summed E-state index contributed by atoms with van der Waals surface area (Å²) >= 11 is 4.74. The van der Waals surface area contributed by atoms with Gasteiger partial charge in [0.05, 0.1) is 18.0 Å². The van der Waals surface area contributed by atoms with Gasteiger partial charge in [0.25, 0.3) is 5.91 Å². The molecule has 0 aliphatic heterocycles. The molecule has 0 aliphatic carbocycles. The first-order chi connectivity index (χ1) is 15.1. The Morgan fingerprint density at radius 1 is 1.26 bits per heavy atom. The Morgan fingerprint density at radius 3 is 2.81 bits per heavy atom. The minimum atomic E-state index is -0.401. The van der Waals surface area contributed by atoms with Crippen molar-refractivity contribution in [1.82, 2.24) is 20.2 Å². The SMILES string of the molecule is C=CCn1c(CNc2ccccc2)nnc1S[C@@H](C)C(=O)N/N=C\c1cccc(Br)c1. The molecule has 0 spiro atoms. The lowest BCUT2D eigenvalue weighted by molar-refractivity contribution is -0.120. The summed E-state index contributed by atoms with van der Waals surface area (Å²) < 4.78 is 2.90. The average Bonchev–Trinajstić information content (AvgIpc) is 3.14. The van der Waals surface area contributed by atoms with Crippen LogP contribution >= 0.6 is 27.7 Å². The number of para-hydroxylation sites is 1. The van der Waals surface area contributed by atoms with Gasteiger partial charge >= 0.3 is 0 Å². The molecule has 1 amide bonds. The van der Waals surface area contributed by atoms with Crippen molar-refractivity contribution < 1.29 is 4.79 Å². The van der Waals surface area contributed by atoms with Crippen LogP contribution in [0.15, 0.2) is 82.0 Å². The Morgan fingerprint density at radius 2 is 2.06 bits per heavy atom. The Bertz CT molecular complexity index is 1050. The van der Waals surface area contributed by atoms with Crippen LogP contribution in [0.3, 0.4) is 0 Å². The Kier molecular flexibility index (Phi) is 8.43. The van der Waals surface area contributed by atoms with Crippen molar-refractivity contribution in [2.24, 2.45) is 5.10 Å². The van der Waals surface area contributed by atoms with Crippen LogP contribution in [0.1, 0.15) is 18.3 Å². The monoisotopic (exact) mass is 498 g/mol. The number of thioether (sulfide) groups is 1. The third-order valence-electron chi connectivity index (χ3n) is 4.22. The molecule has 31 heavy (non-hydrogen) atoms. The van der Waals surface area contributed by atoms with Crippen molar-refractivity contribution >= 4 is 45.5 Å². The summed E-state index contributed by atoms with van der Waals surface area (Å²) in [6.07, 6.45) is 3.39. The molecule has 0 bridgehead atoms. The highest BCUT2D eigenvalue weighted by atomic mass is 79.9. The summed E-state index contributed by atoms with van der Waals surface area (Å²) in [5, 5.41) is 16.2. The number of halogens is 1. The normalized spacial score (nSPS) is 11.9. The van der Waals surface area contributed by atoms with Gasteiger partial charge in [-0.25, -0.2) is 5.43 Å². The highest BCUT2D eigenvalue weighted by molar-refractivity contribution is 9.10. The second-order valence-corrected chi connectivity index (χ2v) is 8.79. The van der Waals surface area contributed by atoms with E-state index in [1.54, 1.807) is 12.3 Å². The molecule has 0 saturated carbocycles. The van der Waals surface area contributed by atoms with Crippen LogP contribution in [0.5, 0.6) is 0 Å². The van der Waals surface area contributed by atoms with Crippen LogP contribution in [0.4, 0.5) is 5.69 Å². The molecule has 2 aromatic carbocycles. The maximum atomic E-state index is 12.4. The number of benzene rings is 2. The summed E-state index contributed by atoms with van der Waals surface area (Å²) in [6, 6.07) is 17.5. The number of nitrogens with one attached hydrogen (secondary N) is 2. The standard InChI is InChI=1S/C22H23BrN6OS/c1-3-12-29-20(15-24-19-10-5-4-6-11-19)26-28-22(29)31-16(2)21(30)27-25-14-17-8-7-9-18(23)13-17/h3-11,13-14,16,24H,1,12,15H2,2H3,(H,27,30)/b25-14-/t16-/m0/s1. The van der Waals surface area contributed by atoms with Crippen LogP contribution in [0.2, 0.25) is 0 Å². The number of hydrogen-bond donors (Lipinski definition) is 2. The molecular formula is C22H23BrN6OS. The number of rotatable bonds is 10.